The summed E-state index contributed by atoms with van der Waals surface area (Å²) in [7, 11) is 0. The zero-order valence-electron chi connectivity index (χ0n) is 14.1. The van der Waals surface area contributed by atoms with Gasteiger partial charge in [0.1, 0.15) is 11.6 Å². The van der Waals surface area contributed by atoms with Crippen molar-refractivity contribution >= 4 is 29.3 Å². The first-order chi connectivity index (χ1) is 12.6. The Labute approximate surface area is 154 Å². The van der Waals surface area contributed by atoms with Gasteiger partial charge in [-0.3, -0.25) is 5.10 Å². The number of para-hydroxylation sites is 1. The predicted octanol–water partition coefficient (Wildman–Crippen LogP) is 4.27. The van der Waals surface area contributed by atoms with Gasteiger partial charge in [0.15, 0.2) is 0 Å². The summed E-state index contributed by atoms with van der Waals surface area (Å²) < 4.78 is 17.3. The Morgan fingerprint density at radius 2 is 1.96 bits per heavy atom. The van der Waals surface area contributed by atoms with E-state index in [0.717, 1.165) is 22.0 Å². The van der Waals surface area contributed by atoms with Gasteiger partial charge in [0.25, 0.3) is 0 Å². The standard InChI is InChI=1S/C19H16FN5S/c1-13-22-23-19(26)25(13)21-10-15-12-24(18-5-3-2-4-17(15)18)11-14-6-8-16(20)9-7-14/h2-10,12H,11H2,1H3,(H,23,26)/b21-10+. The SMILES string of the molecule is Cc1n[nH]c(=S)n1/N=C/c1cn(Cc2ccc(F)cc2)c2ccccc12. The molecule has 4 aromatic rings. The third-order valence-corrected chi connectivity index (χ3v) is 4.47. The molecule has 2 aromatic heterocycles. The molecule has 2 heterocycles. The van der Waals surface area contributed by atoms with E-state index >= 15 is 0 Å². The fourth-order valence-electron chi connectivity index (χ4n) is 2.92. The van der Waals surface area contributed by atoms with Gasteiger partial charge in [-0.1, -0.05) is 30.3 Å². The average molecular weight is 365 g/mol. The highest BCUT2D eigenvalue weighted by Gasteiger charge is 2.08. The Morgan fingerprint density at radius 1 is 1.19 bits per heavy atom. The number of aromatic amines is 1. The van der Waals surface area contributed by atoms with Gasteiger partial charge >= 0.3 is 0 Å². The quantitative estimate of drug-likeness (QED) is 0.434. The zero-order valence-corrected chi connectivity index (χ0v) is 14.9. The van der Waals surface area contributed by atoms with Crippen LogP contribution in [0.25, 0.3) is 10.9 Å². The average Bonchev–Trinajstić information content (AvgIpc) is 3.16. The topological polar surface area (TPSA) is 50.9 Å². The van der Waals surface area contributed by atoms with Crippen LogP contribution < -0.4 is 0 Å². The van der Waals surface area contributed by atoms with Crippen LogP contribution in [0.2, 0.25) is 0 Å². The van der Waals surface area contributed by atoms with Crippen LogP contribution in [0, 0.1) is 17.5 Å². The Morgan fingerprint density at radius 3 is 2.69 bits per heavy atom. The number of nitrogens with zero attached hydrogens (tertiary/aromatic N) is 4. The molecule has 0 atom stereocenters. The number of fused-ring (bicyclic) bond motifs is 1. The molecule has 0 unspecified atom stereocenters. The van der Waals surface area contributed by atoms with E-state index in [0.29, 0.717) is 17.1 Å². The summed E-state index contributed by atoms with van der Waals surface area (Å²) in [5.41, 5.74) is 3.10. The molecule has 0 fully saturated rings. The van der Waals surface area contributed by atoms with Gasteiger partial charge < -0.3 is 4.57 Å². The predicted molar refractivity (Wildman–Crippen MR) is 103 cm³/mol. The first kappa shape index (κ1) is 16.4. The molecule has 0 aliphatic rings. The number of aromatic nitrogens is 4. The molecule has 5 nitrogen and oxygen atoms in total. The molecular formula is C19H16FN5S. The summed E-state index contributed by atoms with van der Waals surface area (Å²) in [4.78, 5) is 0. The molecule has 0 bridgehead atoms. The molecule has 1 N–H and O–H groups in total. The molecule has 130 valence electrons. The Hall–Kier alpha value is -3.06. The van der Waals surface area contributed by atoms with Crippen molar-refractivity contribution in [3.8, 4) is 0 Å². The second-order valence-electron chi connectivity index (χ2n) is 5.99. The molecule has 0 amide bonds. The largest absolute Gasteiger partial charge is 0.342 e. The lowest BCUT2D eigenvalue weighted by atomic mass is 10.2. The van der Waals surface area contributed by atoms with Crippen LogP contribution in [0.1, 0.15) is 17.0 Å². The molecule has 4 rings (SSSR count). The fourth-order valence-corrected chi connectivity index (χ4v) is 3.15. The van der Waals surface area contributed by atoms with Crippen LogP contribution in [0.5, 0.6) is 0 Å². The molecule has 0 saturated carbocycles. The lowest BCUT2D eigenvalue weighted by molar-refractivity contribution is 0.626. The first-order valence-electron chi connectivity index (χ1n) is 8.12. The van der Waals surface area contributed by atoms with E-state index in [2.05, 4.69) is 32.0 Å². The van der Waals surface area contributed by atoms with E-state index in [1.54, 1.807) is 23.0 Å². The van der Waals surface area contributed by atoms with E-state index < -0.39 is 0 Å². The summed E-state index contributed by atoms with van der Waals surface area (Å²) in [6.07, 6.45) is 3.82. The van der Waals surface area contributed by atoms with Crippen molar-refractivity contribution in [2.75, 3.05) is 0 Å². The zero-order chi connectivity index (χ0) is 18.1. The van der Waals surface area contributed by atoms with Crippen molar-refractivity contribution < 1.29 is 4.39 Å². The highest BCUT2D eigenvalue weighted by Crippen LogP contribution is 2.21. The maximum Gasteiger partial charge on any atom is 0.216 e. The number of halogens is 1. The Balaban J connectivity index is 1.74. The fraction of sp³-hybridized carbons (Fsp3) is 0.105. The van der Waals surface area contributed by atoms with Gasteiger partial charge in [-0.25, -0.2) is 4.39 Å². The monoisotopic (exact) mass is 365 g/mol. The third kappa shape index (κ3) is 3.09. The van der Waals surface area contributed by atoms with Crippen LogP contribution in [0.3, 0.4) is 0 Å². The lowest BCUT2D eigenvalue weighted by Crippen LogP contribution is -1.98. The summed E-state index contributed by atoms with van der Waals surface area (Å²) >= 11 is 5.18. The molecule has 0 aliphatic carbocycles. The van der Waals surface area contributed by atoms with E-state index in [4.69, 9.17) is 12.2 Å². The van der Waals surface area contributed by atoms with Gasteiger partial charge in [0.2, 0.25) is 4.77 Å². The van der Waals surface area contributed by atoms with Gasteiger partial charge in [-0.2, -0.15) is 14.9 Å². The van der Waals surface area contributed by atoms with Crippen molar-refractivity contribution in [1.82, 2.24) is 19.4 Å². The van der Waals surface area contributed by atoms with Crippen molar-refractivity contribution in [2.45, 2.75) is 13.5 Å². The number of rotatable bonds is 4. The summed E-state index contributed by atoms with van der Waals surface area (Å²) in [5.74, 6) is 0.465. The maximum atomic E-state index is 13.1. The summed E-state index contributed by atoms with van der Waals surface area (Å²) in [6.45, 7) is 2.49. The van der Waals surface area contributed by atoms with Crippen LogP contribution in [-0.2, 0) is 6.54 Å². The normalized spacial score (nSPS) is 11.6. The van der Waals surface area contributed by atoms with Crippen molar-refractivity contribution in [1.29, 1.82) is 0 Å². The second kappa shape index (κ2) is 6.68. The lowest BCUT2D eigenvalue weighted by Gasteiger charge is -2.05. The van der Waals surface area contributed by atoms with E-state index in [1.807, 2.05) is 25.3 Å². The molecule has 2 aromatic carbocycles. The van der Waals surface area contributed by atoms with Crippen LogP contribution in [0.15, 0.2) is 59.8 Å². The number of nitrogens with one attached hydrogen (secondary N) is 1. The van der Waals surface area contributed by atoms with Crippen molar-refractivity contribution in [3.63, 3.8) is 0 Å². The molecule has 0 saturated heterocycles. The number of H-pyrrole nitrogens is 1. The third-order valence-electron chi connectivity index (χ3n) is 4.21. The van der Waals surface area contributed by atoms with Crippen molar-refractivity contribution in [3.05, 3.63) is 82.3 Å². The number of benzene rings is 2. The minimum atomic E-state index is -0.230. The molecule has 26 heavy (non-hydrogen) atoms. The van der Waals surface area contributed by atoms with Crippen LogP contribution in [0.4, 0.5) is 4.39 Å². The van der Waals surface area contributed by atoms with Gasteiger partial charge in [0, 0.05) is 29.2 Å². The molecule has 0 spiro atoms. The summed E-state index contributed by atoms with van der Waals surface area (Å²) in [5, 5.41) is 12.3. The Bertz CT molecular complexity index is 1150. The highest BCUT2D eigenvalue weighted by molar-refractivity contribution is 7.71. The van der Waals surface area contributed by atoms with Gasteiger partial charge in [0.05, 0.1) is 6.21 Å². The van der Waals surface area contributed by atoms with Crippen LogP contribution in [-0.4, -0.2) is 25.7 Å². The number of hydrogen-bond acceptors (Lipinski definition) is 3. The van der Waals surface area contributed by atoms with Crippen molar-refractivity contribution in [2.24, 2.45) is 5.10 Å². The van der Waals surface area contributed by atoms with Gasteiger partial charge in [-0.15, -0.1) is 0 Å². The van der Waals surface area contributed by atoms with E-state index in [9.17, 15) is 4.39 Å². The second-order valence-corrected chi connectivity index (χ2v) is 6.38. The van der Waals surface area contributed by atoms with Gasteiger partial charge in [-0.05, 0) is 42.9 Å². The van der Waals surface area contributed by atoms with E-state index in [-0.39, 0.29) is 5.82 Å². The molecule has 7 heteroatoms. The molecule has 0 radical (unpaired) electrons. The number of hydrogen-bond donors (Lipinski definition) is 1. The first-order valence-corrected chi connectivity index (χ1v) is 8.53. The Kier molecular flexibility index (Phi) is 4.22. The smallest absolute Gasteiger partial charge is 0.216 e. The minimum absolute atomic E-state index is 0.230. The van der Waals surface area contributed by atoms with Crippen LogP contribution >= 0.6 is 12.2 Å². The summed E-state index contributed by atoms with van der Waals surface area (Å²) in [6, 6.07) is 14.7. The molecule has 0 aliphatic heterocycles. The minimum Gasteiger partial charge on any atom is -0.342 e. The maximum absolute atomic E-state index is 13.1. The molecular weight excluding hydrogens is 349 g/mol. The van der Waals surface area contributed by atoms with E-state index in [1.165, 1.54) is 12.1 Å². The number of aryl methyl sites for hydroxylation is 1. The highest BCUT2D eigenvalue weighted by atomic mass is 32.1.